The highest BCUT2D eigenvalue weighted by atomic mass is 16.5. The molecule has 3 aromatic rings. The maximum Gasteiger partial charge on any atom is 0.258 e. The molecule has 0 radical (unpaired) electrons. The number of aromatic amines is 1. The molecule has 0 fully saturated rings. The summed E-state index contributed by atoms with van der Waals surface area (Å²) in [5, 5.41) is 3.26. The molecule has 0 atom stereocenters. The van der Waals surface area contributed by atoms with E-state index in [1.54, 1.807) is 24.1 Å². The van der Waals surface area contributed by atoms with E-state index in [4.69, 9.17) is 9.47 Å². The van der Waals surface area contributed by atoms with Crippen molar-refractivity contribution in [3.05, 3.63) is 58.1 Å². The molecule has 2 aromatic carbocycles. The Morgan fingerprint density at radius 3 is 2.45 bits per heavy atom. The van der Waals surface area contributed by atoms with E-state index >= 15 is 0 Å². The molecule has 152 valence electrons. The summed E-state index contributed by atoms with van der Waals surface area (Å²) in [6, 6.07) is 10.9. The number of benzene rings is 2. The number of ether oxygens (including phenoxy) is 2. The summed E-state index contributed by atoms with van der Waals surface area (Å²) in [5.74, 6) is 1.27. The minimum absolute atomic E-state index is 0.147. The Labute approximate surface area is 168 Å². The zero-order valence-corrected chi connectivity index (χ0v) is 16.9. The van der Waals surface area contributed by atoms with E-state index in [1.807, 2.05) is 31.2 Å². The molecule has 0 bridgehead atoms. The molecular weight excluding hydrogens is 372 g/mol. The molecule has 1 amide bonds. The van der Waals surface area contributed by atoms with Crippen LogP contribution in [-0.2, 0) is 11.3 Å². The Balaban J connectivity index is 1.72. The van der Waals surface area contributed by atoms with Gasteiger partial charge in [0.2, 0.25) is 5.91 Å². The van der Waals surface area contributed by atoms with Crippen molar-refractivity contribution < 1.29 is 14.3 Å². The fraction of sp³-hybridized carbons (Fsp3) is 0.286. The number of hydrogen-bond acceptors (Lipinski definition) is 6. The number of aromatic nitrogens is 2. The van der Waals surface area contributed by atoms with Crippen LogP contribution in [0.1, 0.15) is 11.4 Å². The lowest BCUT2D eigenvalue weighted by molar-refractivity contribution is -0.117. The van der Waals surface area contributed by atoms with Gasteiger partial charge in [0.1, 0.15) is 5.82 Å². The Hall–Kier alpha value is -3.39. The lowest BCUT2D eigenvalue weighted by Crippen LogP contribution is -2.31. The Morgan fingerprint density at radius 2 is 1.79 bits per heavy atom. The lowest BCUT2D eigenvalue weighted by Gasteiger charge is -2.16. The summed E-state index contributed by atoms with van der Waals surface area (Å²) in [5.41, 5.74) is 2.09. The highest BCUT2D eigenvalue weighted by Crippen LogP contribution is 2.29. The van der Waals surface area contributed by atoms with Crippen LogP contribution in [0.2, 0.25) is 0 Å². The van der Waals surface area contributed by atoms with Gasteiger partial charge < -0.3 is 19.8 Å². The van der Waals surface area contributed by atoms with Crippen LogP contribution in [0.4, 0.5) is 5.69 Å². The van der Waals surface area contributed by atoms with Crippen LogP contribution in [0.5, 0.6) is 11.5 Å². The standard InChI is InChI=1S/C21H24N4O4/c1-13-5-7-14(8-6-13)22-20(26)12-25(2)11-19-23-16-10-18(29-4)17(28-3)9-15(16)21(27)24-19/h5-10H,11-12H2,1-4H3,(H,22,26)(H,23,24,27). The fourth-order valence-corrected chi connectivity index (χ4v) is 2.98. The normalized spacial score (nSPS) is 10.9. The van der Waals surface area contributed by atoms with Crippen LogP contribution in [0.3, 0.4) is 0 Å². The first-order valence-electron chi connectivity index (χ1n) is 9.09. The maximum atomic E-state index is 12.4. The summed E-state index contributed by atoms with van der Waals surface area (Å²) in [7, 11) is 4.82. The Bertz CT molecular complexity index is 1080. The van der Waals surface area contributed by atoms with Gasteiger partial charge in [-0.25, -0.2) is 4.98 Å². The van der Waals surface area contributed by atoms with Crippen LogP contribution in [0.25, 0.3) is 10.9 Å². The average molecular weight is 396 g/mol. The van der Waals surface area contributed by atoms with Crippen molar-refractivity contribution >= 4 is 22.5 Å². The van der Waals surface area contributed by atoms with Crippen LogP contribution in [0, 0.1) is 6.92 Å². The minimum atomic E-state index is -0.275. The molecular formula is C21H24N4O4. The van der Waals surface area contributed by atoms with Gasteiger partial charge in [-0.15, -0.1) is 0 Å². The third-order valence-electron chi connectivity index (χ3n) is 4.43. The van der Waals surface area contributed by atoms with E-state index in [0.717, 1.165) is 11.3 Å². The third kappa shape index (κ3) is 4.91. The molecule has 0 aliphatic rings. The molecule has 0 saturated carbocycles. The van der Waals surface area contributed by atoms with Gasteiger partial charge in [0.05, 0.1) is 38.2 Å². The summed E-state index contributed by atoms with van der Waals surface area (Å²) in [6.45, 7) is 2.45. The molecule has 0 unspecified atom stereocenters. The van der Waals surface area contributed by atoms with Gasteiger partial charge in [0.25, 0.3) is 5.56 Å². The number of hydrogen-bond donors (Lipinski definition) is 2. The van der Waals surface area contributed by atoms with E-state index in [9.17, 15) is 9.59 Å². The molecule has 8 heteroatoms. The van der Waals surface area contributed by atoms with Gasteiger partial charge in [-0.2, -0.15) is 0 Å². The number of H-pyrrole nitrogens is 1. The van der Waals surface area contributed by atoms with Gasteiger partial charge in [0, 0.05) is 11.8 Å². The number of anilines is 1. The highest BCUT2D eigenvalue weighted by molar-refractivity contribution is 5.92. The monoisotopic (exact) mass is 396 g/mol. The largest absolute Gasteiger partial charge is 0.493 e. The first-order chi connectivity index (χ1) is 13.9. The number of nitrogens with zero attached hydrogens (tertiary/aromatic N) is 2. The third-order valence-corrected chi connectivity index (χ3v) is 4.43. The van der Waals surface area contributed by atoms with Crippen molar-refractivity contribution in [1.29, 1.82) is 0 Å². The van der Waals surface area contributed by atoms with E-state index in [0.29, 0.717) is 34.8 Å². The van der Waals surface area contributed by atoms with Gasteiger partial charge in [-0.1, -0.05) is 17.7 Å². The van der Waals surface area contributed by atoms with Crippen molar-refractivity contribution in [2.75, 3.05) is 33.1 Å². The number of aryl methyl sites for hydroxylation is 1. The lowest BCUT2D eigenvalue weighted by atomic mass is 10.2. The molecule has 8 nitrogen and oxygen atoms in total. The van der Waals surface area contributed by atoms with E-state index < -0.39 is 0 Å². The SMILES string of the molecule is COc1cc2nc(CN(C)CC(=O)Nc3ccc(C)cc3)[nH]c(=O)c2cc1OC. The highest BCUT2D eigenvalue weighted by Gasteiger charge is 2.13. The molecule has 0 aliphatic carbocycles. The molecule has 0 spiro atoms. The summed E-state index contributed by atoms with van der Waals surface area (Å²) < 4.78 is 10.5. The molecule has 3 rings (SSSR count). The Kier molecular flexibility index (Phi) is 6.13. The number of methoxy groups -OCH3 is 2. The Morgan fingerprint density at radius 1 is 1.14 bits per heavy atom. The number of amides is 1. The van der Waals surface area contributed by atoms with Gasteiger partial charge in [-0.05, 0) is 32.2 Å². The van der Waals surface area contributed by atoms with Crippen molar-refractivity contribution in [3.8, 4) is 11.5 Å². The van der Waals surface area contributed by atoms with Crippen LogP contribution < -0.4 is 20.3 Å². The molecule has 0 aliphatic heterocycles. The number of carbonyl (C=O) groups is 1. The van der Waals surface area contributed by atoms with E-state index in [2.05, 4.69) is 15.3 Å². The zero-order chi connectivity index (χ0) is 21.0. The van der Waals surface area contributed by atoms with Crippen LogP contribution >= 0.6 is 0 Å². The second kappa shape index (κ2) is 8.74. The molecule has 1 heterocycles. The minimum Gasteiger partial charge on any atom is -0.493 e. The van der Waals surface area contributed by atoms with Gasteiger partial charge in [0.15, 0.2) is 11.5 Å². The molecule has 1 aromatic heterocycles. The first kappa shape index (κ1) is 20.3. The molecule has 29 heavy (non-hydrogen) atoms. The number of carbonyl (C=O) groups excluding carboxylic acids is 1. The molecule has 2 N–H and O–H groups in total. The van der Waals surface area contributed by atoms with Crippen molar-refractivity contribution in [3.63, 3.8) is 0 Å². The van der Waals surface area contributed by atoms with Gasteiger partial charge >= 0.3 is 0 Å². The summed E-state index contributed by atoms with van der Waals surface area (Å²) >= 11 is 0. The predicted octanol–water partition coefficient (Wildman–Crippen LogP) is 2.32. The zero-order valence-electron chi connectivity index (χ0n) is 16.9. The number of rotatable bonds is 7. The average Bonchev–Trinajstić information content (AvgIpc) is 2.68. The second-order valence-electron chi connectivity index (χ2n) is 6.82. The molecule has 0 saturated heterocycles. The maximum absolute atomic E-state index is 12.4. The first-order valence-corrected chi connectivity index (χ1v) is 9.09. The van der Waals surface area contributed by atoms with E-state index in [-0.39, 0.29) is 18.0 Å². The van der Waals surface area contributed by atoms with Crippen LogP contribution in [-0.4, -0.2) is 48.6 Å². The van der Waals surface area contributed by atoms with Crippen molar-refractivity contribution in [2.45, 2.75) is 13.5 Å². The fourth-order valence-electron chi connectivity index (χ4n) is 2.98. The quantitative estimate of drug-likeness (QED) is 0.636. The number of likely N-dealkylation sites (N-methyl/N-ethyl adjacent to an activating group) is 1. The van der Waals surface area contributed by atoms with Crippen molar-refractivity contribution in [1.82, 2.24) is 14.9 Å². The summed E-state index contributed by atoms with van der Waals surface area (Å²) in [6.07, 6.45) is 0. The number of nitrogens with one attached hydrogen (secondary N) is 2. The topological polar surface area (TPSA) is 96.5 Å². The van der Waals surface area contributed by atoms with E-state index in [1.165, 1.54) is 14.2 Å². The van der Waals surface area contributed by atoms with Gasteiger partial charge in [-0.3, -0.25) is 14.5 Å². The number of fused-ring (bicyclic) bond motifs is 1. The van der Waals surface area contributed by atoms with Crippen LogP contribution in [0.15, 0.2) is 41.2 Å². The predicted molar refractivity (Wildman–Crippen MR) is 112 cm³/mol. The second-order valence-corrected chi connectivity index (χ2v) is 6.82. The smallest absolute Gasteiger partial charge is 0.258 e. The summed E-state index contributed by atoms with van der Waals surface area (Å²) in [4.78, 5) is 33.7. The van der Waals surface area contributed by atoms with Crippen molar-refractivity contribution in [2.24, 2.45) is 0 Å².